The number of hydrogen-bond acceptors (Lipinski definition) is 8. The Kier molecular flexibility index (Phi) is 7.39. The van der Waals surface area contributed by atoms with E-state index in [0.717, 1.165) is 0 Å². The Morgan fingerprint density at radius 3 is 2.42 bits per heavy atom. The fraction of sp³-hybridized carbons (Fsp3) is 0.261. The highest BCUT2D eigenvalue weighted by Gasteiger charge is 2.20. The Balaban J connectivity index is 1.60. The molecule has 0 atom stereocenters. The Bertz CT molecular complexity index is 1180. The maximum atomic E-state index is 12.3. The molecule has 3 rings (SSSR count). The predicted molar refractivity (Wildman–Crippen MR) is 118 cm³/mol. The van der Waals surface area contributed by atoms with E-state index in [2.05, 4.69) is 10.9 Å². The number of aryl methyl sites for hydroxylation is 1. The molecular formula is C23H24N2O8. The van der Waals surface area contributed by atoms with E-state index in [1.807, 2.05) is 0 Å². The SMILES string of the molecule is CCOC(=O)c1c(C)oc2ccc(OCC(=O)NNC(=O)c3ccc(OC)c(OC)c3)cc12. The number of nitrogens with one attached hydrogen (secondary N) is 2. The highest BCUT2D eigenvalue weighted by Crippen LogP contribution is 2.30. The summed E-state index contributed by atoms with van der Waals surface area (Å²) in [6.45, 7) is 3.24. The molecule has 1 aromatic heterocycles. The molecule has 0 bridgehead atoms. The van der Waals surface area contributed by atoms with Gasteiger partial charge in [-0.15, -0.1) is 0 Å². The molecule has 0 radical (unpaired) electrons. The van der Waals surface area contributed by atoms with Crippen LogP contribution in [0, 0.1) is 6.92 Å². The zero-order chi connectivity index (χ0) is 24.0. The first kappa shape index (κ1) is 23.5. The first-order valence-electron chi connectivity index (χ1n) is 10.0. The normalized spacial score (nSPS) is 10.4. The lowest BCUT2D eigenvalue weighted by Gasteiger charge is -2.11. The van der Waals surface area contributed by atoms with E-state index in [4.69, 9.17) is 23.4 Å². The van der Waals surface area contributed by atoms with Crippen LogP contribution in [0.5, 0.6) is 17.2 Å². The lowest BCUT2D eigenvalue weighted by atomic mass is 10.1. The van der Waals surface area contributed by atoms with Gasteiger partial charge in [-0.25, -0.2) is 4.79 Å². The molecule has 174 valence electrons. The Morgan fingerprint density at radius 2 is 1.73 bits per heavy atom. The van der Waals surface area contributed by atoms with E-state index < -0.39 is 17.8 Å². The number of rotatable bonds is 8. The van der Waals surface area contributed by atoms with Crippen LogP contribution in [-0.4, -0.2) is 45.2 Å². The molecule has 0 saturated heterocycles. The monoisotopic (exact) mass is 456 g/mol. The summed E-state index contributed by atoms with van der Waals surface area (Å²) < 4.78 is 26.4. The Hall–Kier alpha value is -4.21. The zero-order valence-corrected chi connectivity index (χ0v) is 18.6. The van der Waals surface area contributed by atoms with Crippen molar-refractivity contribution in [2.24, 2.45) is 0 Å². The number of carbonyl (C=O) groups excluding carboxylic acids is 3. The molecule has 0 fully saturated rings. The number of fused-ring (bicyclic) bond motifs is 1. The number of carbonyl (C=O) groups is 3. The average Bonchev–Trinajstić information content (AvgIpc) is 3.15. The van der Waals surface area contributed by atoms with Gasteiger partial charge in [0.25, 0.3) is 11.8 Å². The van der Waals surface area contributed by atoms with Gasteiger partial charge < -0.3 is 23.4 Å². The summed E-state index contributed by atoms with van der Waals surface area (Å²) in [5.74, 6) is -0.00111. The summed E-state index contributed by atoms with van der Waals surface area (Å²) in [5.41, 5.74) is 5.65. The average molecular weight is 456 g/mol. The van der Waals surface area contributed by atoms with E-state index in [1.165, 1.54) is 26.4 Å². The standard InChI is InChI=1S/C23H24N2O8/c1-5-31-23(28)21-13(2)33-17-9-7-15(11-16(17)21)32-12-20(26)24-25-22(27)14-6-8-18(29-3)19(10-14)30-4/h6-11H,5,12H2,1-4H3,(H,24,26)(H,25,27). The molecule has 0 unspecified atom stereocenters. The fourth-order valence-electron chi connectivity index (χ4n) is 3.11. The molecule has 2 N–H and O–H groups in total. The largest absolute Gasteiger partial charge is 0.493 e. The molecule has 0 aliphatic carbocycles. The van der Waals surface area contributed by atoms with Gasteiger partial charge in [0.2, 0.25) is 0 Å². The van der Waals surface area contributed by atoms with Gasteiger partial charge in [-0.05, 0) is 50.2 Å². The number of hydrogen-bond donors (Lipinski definition) is 2. The highest BCUT2D eigenvalue weighted by atomic mass is 16.5. The third-order valence-electron chi connectivity index (χ3n) is 4.65. The van der Waals surface area contributed by atoms with Crippen molar-refractivity contribution in [2.75, 3.05) is 27.4 Å². The molecule has 0 aliphatic rings. The molecule has 3 aromatic rings. The van der Waals surface area contributed by atoms with Crippen molar-refractivity contribution in [1.29, 1.82) is 0 Å². The lowest BCUT2D eigenvalue weighted by molar-refractivity contribution is -0.123. The second-order valence-electron chi connectivity index (χ2n) is 6.77. The minimum Gasteiger partial charge on any atom is -0.493 e. The molecule has 0 spiro atoms. The predicted octanol–water partition coefficient (Wildman–Crippen LogP) is 2.78. The van der Waals surface area contributed by atoms with Crippen LogP contribution in [0.4, 0.5) is 0 Å². The summed E-state index contributed by atoms with van der Waals surface area (Å²) in [5, 5.41) is 0.519. The minimum absolute atomic E-state index is 0.232. The van der Waals surface area contributed by atoms with Crippen LogP contribution in [0.2, 0.25) is 0 Å². The van der Waals surface area contributed by atoms with Crippen LogP contribution < -0.4 is 25.1 Å². The van der Waals surface area contributed by atoms with Crippen molar-refractivity contribution in [1.82, 2.24) is 10.9 Å². The molecule has 2 amide bonds. The second kappa shape index (κ2) is 10.4. The summed E-state index contributed by atoms with van der Waals surface area (Å²) in [4.78, 5) is 36.6. The van der Waals surface area contributed by atoms with Gasteiger partial charge in [-0.1, -0.05) is 0 Å². The maximum absolute atomic E-state index is 12.3. The second-order valence-corrected chi connectivity index (χ2v) is 6.77. The van der Waals surface area contributed by atoms with Crippen LogP contribution in [0.15, 0.2) is 40.8 Å². The summed E-state index contributed by atoms with van der Waals surface area (Å²) in [6, 6.07) is 9.43. The molecule has 0 saturated carbocycles. The van der Waals surface area contributed by atoms with Gasteiger partial charge in [0.15, 0.2) is 18.1 Å². The fourth-order valence-corrected chi connectivity index (χ4v) is 3.11. The van der Waals surface area contributed by atoms with E-state index in [-0.39, 0.29) is 18.8 Å². The lowest BCUT2D eigenvalue weighted by Crippen LogP contribution is -2.43. The number of amides is 2. The number of ether oxygens (including phenoxy) is 4. The van der Waals surface area contributed by atoms with E-state index >= 15 is 0 Å². The minimum atomic E-state index is -0.585. The third-order valence-corrected chi connectivity index (χ3v) is 4.65. The van der Waals surface area contributed by atoms with Gasteiger partial charge in [-0.3, -0.25) is 20.4 Å². The van der Waals surface area contributed by atoms with Crippen LogP contribution >= 0.6 is 0 Å². The van der Waals surface area contributed by atoms with Crippen LogP contribution in [-0.2, 0) is 9.53 Å². The van der Waals surface area contributed by atoms with Gasteiger partial charge in [-0.2, -0.15) is 0 Å². The zero-order valence-electron chi connectivity index (χ0n) is 18.6. The van der Waals surface area contributed by atoms with E-state index in [9.17, 15) is 14.4 Å². The topological polar surface area (TPSA) is 125 Å². The maximum Gasteiger partial charge on any atom is 0.342 e. The van der Waals surface area contributed by atoms with Crippen molar-refractivity contribution < 1.29 is 37.7 Å². The molecular weight excluding hydrogens is 432 g/mol. The number of esters is 1. The van der Waals surface area contributed by atoms with Crippen LogP contribution in [0.3, 0.4) is 0 Å². The van der Waals surface area contributed by atoms with Gasteiger partial charge in [0.05, 0.1) is 20.8 Å². The van der Waals surface area contributed by atoms with Gasteiger partial charge >= 0.3 is 5.97 Å². The highest BCUT2D eigenvalue weighted by molar-refractivity contribution is 6.05. The first-order valence-corrected chi connectivity index (χ1v) is 10.0. The molecule has 1 heterocycles. The number of hydrazine groups is 1. The number of furan rings is 1. The molecule has 0 aliphatic heterocycles. The Morgan fingerprint density at radius 1 is 0.970 bits per heavy atom. The van der Waals surface area contributed by atoms with Crippen molar-refractivity contribution >= 4 is 28.8 Å². The van der Waals surface area contributed by atoms with Gasteiger partial charge in [0, 0.05) is 10.9 Å². The molecule has 33 heavy (non-hydrogen) atoms. The van der Waals surface area contributed by atoms with Crippen LogP contribution in [0.1, 0.15) is 33.4 Å². The summed E-state index contributed by atoms with van der Waals surface area (Å²) >= 11 is 0. The van der Waals surface area contributed by atoms with E-state index in [0.29, 0.717) is 39.5 Å². The van der Waals surface area contributed by atoms with Crippen molar-refractivity contribution in [3.63, 3.8) is 0 Å². The van der Waals surface area contributed by atoms with E-state index in [1.54, 1.807) is 38.1 Å². The smallest absolute Gasteiger partial charge is 0.342 e. The molecule has 10 heteroatoms. The quantitative estimate of drug-likeness (QED) is 0.392. The number of benzene rings is 2. The van der Waals surface area contributed by atoms with Crippen molar-refractivity contribution in [2.45, 2.75) is 13.8 Å². The van der Waals surface area contributed by atoms with Gasteiger partial charge in [0.1, 0.15) is 22.7 Å². The summed E-state index contributed by atoms with van der Waals surface area (Å²) in [6.07, 6.45) is 0. The van der Waals surface area contributed by atoms with Crippen molar-refractivity contribution in [3.8, 4) is 17.2 Å². The van der Waals surface area contributed by atoms with Crippen molar-refractivity contribution in [3.05, 3.63) is 53.3 Å². The molecule has 10 nitrogen and oxygen atoms in total. The third kappa shape index (κ3) is 5.35. The van der Waals surface area contributed by atoms with Crippen LogP contribution in [0.25, 0.3) is 11.0 Å². The Labute approximate surface area is 189 Å². The molecule has 2 aromatic carbocycles. The number of methoxy groups -OCH3 is 2. The summed E-state index contributed by atoms with van der Waals surface area (Å²) in [7, 11) is 2.94. The first-order chi connectivity index (χ1) is 15.9.